The number of rotatable bonds is 47. The molecule has 0 aromatic carbocycles. The van der Waals surface area contributed by atoms with Gasteiger partial charge in [-0.15, -0.1) is 0 Å². The van der Waals surface area contributed by atoms with E-state index in [0.29, 0.717) is 19.3 Å². The molecule has 0 aliphatic heterocycles. The number of carbonyl (C=O) groups excluding carboxylic acids is 3. The average Bonchev–Trinajstić information content (AvgIpc) is 3.35. The van der Waals surface area contributed by atoms with Crippen LogP contribution in [-0.2, 0) is 28.6 Å². The lowest BCUT2D eigenvalue weighted by atomic mass is 10.0. The maximum Gasteiger partial charge on any atom is 0.306 e. The molecule has 0 amide bonds. The second-order valence-corrected chi connectivity index (χ2v) is 17.4. The third kappa shape index (κ3) is 54.1. The van der Waals surface area contributed by atoms with E-state index in [2.05, 4.69) is 142 Å². The predicted molar refractivity (Wildman–Crippen MR) is 297 cm³/mol. The molecule has 0 aliphatic carbocycles. The Morgan fingerprint density at radius 3 is 0.884 bits per heavy atom. The summed E-state index contributed by atoms with van der Waals surface area (Å²) in [5.74, 6) is -1.12. The number of esters is 3. The Morgan fingerprint density at radius 2 is 0.565 bits per heavy atom. The molecule has 0 rings (SSSR count). The summed E-state index contributed by atoms with van der Waals surface area (Å²) in [6.45, 7) is 6.27. The minimum atomic E-state index is -0.854. The number of hydrogen-bond acceptors (Lipinski definition) is 6. The SMILES string of the molecule is CC/C=C\C/C=C\C/C=C\C/C=C\C/C=C\C/C=C\CCC(=O)OCC(COC(=O)CCCCCCCCCCCCCCC)OC(=O)CC/C=C/C/C=C/C/C=C/C/C=C/C/C=C/C/C=C\CC. The molecule has 0 saturated carbocycles. The summed E-state index contributed by atoms with van der Waals surface area (Å²) in [5, 5.41) is 0. The largest absolute Gasteiger partial charge is 0.462 e. The maximum absolute atomic E-state index is 12.8. The Kier molecular flexibility index (Phi) is 52.1. The van der Waals surface area contributed by atoms with Crippen LogP contribution < -0.4 is 0 Å². The third-order valence-electron chi connectivity index (χ3n) is 10.9. The predicted octanol–water partition coefficient (Wildman–Crippen LogP) is 18.4. The molecular formula is C63H98O6. The number of unbranched alkanes of at least 4 members (excludes halogenated alkanes) is 12. The minimum absolute atomic E-state index is 0.136. The number of hydrogen-bond donors (Lipinski definition) is 0. The van der Waals surface area contributed by atoms with Crippen LogP contribution in [0, 0.1) is 0 Å². The van der Waals surface area contributed by atoms with Crippen LogP contribution in [0.25, 0.3) is 0 Å². The molecule has 386 valence electrons. The van der Waals surface area contributed by atoms with Gasteiger partial charge in [0, 0.05) is 19.3 Å². The Morgan fingerprint density at radius 1 is 0.304 bits per heavy atom. The summed E-state index contributed by atoms with van der Waals surface area (Å²) in [7, 11) is 0. The van der Waals surface area contributed by atoms with Crippen molar-refractivity contribution in [3.63, 3.8) is 0 Å². The molecule has 6 nitrogen and oxygen atoms in total. The van der Waals surface area contributed by atoms with Crippen LogP contribution in [-0.4, -0.2) is 37.2 Å². The molecule has 0 N–H and O–H groups in total. The summed E-state index contributed by atoms with van der Waals surface area (Å²) in [5.41, 5.74) is 0. The lowest BCUT2D eigenvalue weighted by molar-refractivity contribution is -0.166. The topological polar surface area (TPSA) is 78.9 Å². The van der Waals surface area contributed by atoms with Crippen molar-refractivity contribution in [2.75, 3.05) is 13.2 Å². The summed E-state index contributed by atoms with van der Waals surface area (Å²) in [6, 6.07) is 0. The highest BCUT2D eigenvalue weighted by Gasteiger charge is 2.19. The minimum Gasteiger partial charge on any atom is -0.462 e. The second kappa shape index (κ2) is 55.9. The molecule has 0 aromatic rings. The van der Waals surface area contributed by atoms with Crippen molar-refractivity contribution >= 4 is 17.9 Å². The molecule has 0 fully saturated rings. The van der Waals surface area contributed by atoms with Gasteiger partial charge in [0.2, 0.25) is 0 Å². The zero-order valence-electron chi connectivity index (χ0n) is 44.0. The van der Waals surface area contributed by atoms with Crippen LogP contribution in [0.15, 0.2) is 146 Å². The zero-order valence-corrected chi connectivity index (χ0v) is 44.0. The maximum atomic E-state index is 12.8. The fourth-order valence-corrected chi connectivity index (χ4v) is 6.85. The van der Waals surface area contributed by atoms with E-state index in [0.717, 1.165) is 96.3 Å². The first-order valence-corrected chi connectivity index (χ1v) is 27.3. The number of allylic oxidation sites excluding steroid dienone is 24. The van der Waals surface area contributed by atoms with Gasteiger partial charge in [-0.25, -0.2) is 0 Å². The third-order valence-corrected chi connectivity index (χ3v) is 10.9. The van der Waals surface area contributed by atoms with E-state index >= 15 is 0 Å². The summed E-state index contributed by atoms with van der Waals surface area (Å²) >= 11 is 0. The Hall–Kier alpha value is -4.71. The fourth-order valence-electron chi connectivity index (χ4n) is 6.85. The molecule has 6 heteroatoms. The van der Waals surface area contributed by atoms with Crippen LogP contribution in [0.5, 0.6) is 0 Å². The van der Waals surface area contributed by atoms with Crippen molar-refractivity contribution in [3.8, 4) is 0 Å². The van der Waals surface area contributed by atoms with Crippen LogP contribution in [0.3, 0.4) is 0 Å². The Labute approximate surface area is 423 Å². The fraction of sp³-hybridized carbons (Fsp3) is 0.571. The van der Waals surface area contributed by atoms with Gasteiger partial charge in [-0.2, -0.15) is 0 Å². The van der Waals surface area contributed by atoms with Gasteiger partial charge in [0.05, 0.1) is 0 Å². The highest BCUT2D eigenvalue weighted by Crippen LogP contribution is 2.14. The molecule has 69 heavy (non-hydrogen) atoms. The van der Waals surface area contributed by atoms with E-state index in [-0.39, 0.29) is 38.0 Å². The van der Waals surface area contributed by atoms with E-state index in [4.69, 9.17) is 14.2 Å². The molecule has 1 atom stereocenters. The van der Waals surface area contributed by atoms with Crippen molar-refractivity contribution in [2.24, 2.45) is 0 Å². The smallest absolute Gasteiger partial charge is 0.306 e. The van der Waals surface area contributed by atoms with E-state index in [1.54, 1.807) is 0 Å². The Bertz CT molecular complexity index is 1560. The van der Waals surface area contributed by atoms with Gasteiger partial charge in [-0.3, -0.25) is 14.4 Å². The molecule has 0 radical (unpaired) electrons. The monoisotopic (exact) mass is 951 g/mol. The van der Waals surface area contributed by atoms with E-state index in [1.165, 1.54) is 64.2 Å². The second-order valence-electron chi connectivity index (χ2n) is 17.4. The van der Waals surface area contributed by atoms with Crippen LogP contribution in [0.2, 0.25) is 0 Å². The van der Waals surface area contributed by atoms with Crippen molar-refractivity contribution in [1.29, 1.82) is 0 Å². The van der Waals surface area contributed by atoms with Gasteiger partial charge in [0.15, 0.2) is 6.10 Å². The lowest BCUT2D eigenvalue weighted by Gasteiger charge is -2.18. The first-order chi connectivity index (χ1) is 34.0. The normalized spacial score (nSPS) is 13.3. The molecule has 0 aromatic heterocycles. The van der Waals surface area contributed by atoms with Crippen LogP contribution in [0.4, 0.5) is 0 Å². The van der Waals surface area contributed by atoms with Crippen molar-refractivity contribution in [2.45, 2.75) is 219 Å². The quantitative estimate of drug-likeness (QED) is 0.0262. The first kappa shape index (κ1) is 64.3. The van der Waals surface area contributed by atoms with Gasteiger partial charge in [-0.1, -0.05) is 244 Å². The highest BCUT2D eigenvalue weighted by molar-refractivity contribution is 5.71. The molecule has 0 spiro atoms. The highest BCUT2D eigenvalue weighted by atomic mass is 16.6. The molecule has 0 heterocycles. The molecule has 0 bridgehead atoms. The molecule has 0 aliphatic rings. The summed E-state index contributed by atoms with van der Waals surface area (Å²) < 4.78 is 16.7. The number of carbonyl (C=O) groups is 3. The van der Waals surface area contributed by atoms with Gasteiger partial charge in [-0.05, 0) is 96.3 Å². The van der Waals surface area contributed by atoms with Gasteiger partial charge < -0.3 is 14.2 Å². The van der Waals surface area contributed by atoms with Gasteiger partial charge in [0.1, 0.15) is 13.2 Å². The van der Waals surface area contributed by atoms with Crippen LogP contribution >= 0.6 is 0 Å². The van der Waals surface area contributed by atoms with Crippen molar-refractivity contribution in [1.82, 2.24) is 0 Å². The van der Waals surface area contributed by atoms with E-state index in [1.807, 2.05) is 24.3 Å². The molecule has 0 saturated heterocycles. The Balaban J connectivity index is 4.64. The van der Waals surface area contributed by atoms with Crippen molar-refractivity contribution in [3.05, 3.63) is 146 Å². The zero-order chi connectivity index (χ0) is 50.0. The number of ether oxygens (including phenoxy) is 3. The van der Waals surface area contributed by atoms with Gasteiger partial charge >= 0.3 is 17.9 Å². The average molecular weight is 951 g/mol. The first-order valence-electron chi connectivity index (χ1n) is 27.3. The lowest BCUT2D eigenvalue weighted by Crippen LogP contribution is -2.30. The van der Waals surface area contributed by atoms with E-state index in [9.17, 15) is 14.4 Å². The van der Waals surface area contributed by atoms with Gasteiger partial charge in [0.25, 0.3) is 0 Å². The van der Waals surface area contributed by atoms with Crippen LogP contribution in [0.1, 0.15) is 213 Å². The molecular weight excluding hydrogens is 853 g/mol. The molecule has 1 unspecified atom stereocenters. The standard InChI is InChI=1S/C63H98O6/c1-4-7-10-13-16-19-22-25-27-29-31-33-35-38-41-44-47-50-53-56-62(65)68-59-60(58-67-61(64)55-52-49-46-43-40-37-24-21-18-15-12-9-6-3)69-63(66)57-54-51-48-45-42-39-36-34-32-30-28-26-23-20-17-14-11-8-5-2/h7-8,10-11,16-17,19-20,25-28,31-34,38-39,41-42,47-48,50-51,60H,4-6,9,12-15,18,21-24,29-30,35-37,40,43-46,49,52-59H2,1-3H3/b10-7-,11-8-,19-16-,20-17+,27-25-,28-26+,33-31-,34-32+,41-38-,42-39+,50-47-,51-48+. The van der Waals surface area contributed by atoms with Crippen molar-refractivity contribution < 1.29 is 28.6 Å². The van der Waals surface area contributed by atoms with E-state index < -0.39 is 12.1 Å². The summed E-state index contributed by atoms with van der Waals surface area (Å²) in [4.78, 5) is 38.0. The summed E-state index contributed by atoms with van der Waals surface area (Å²) in [6.07, 6.45) is 80.0.